The maximum absolute atomic E-state index is 5.88. The number of hydrogen-bond acceptors (Lipinski definition) is 5. The molecule has 1 aliphatic rings. The minimum Gasteiger partial charge on any atom is -0.482 e. The summed E-state index contributed by atoms with van der Waals surface area (Å²) < 4.78 is 7.66. The van der Waals surface area contributed by atoms with Gasteiger partial charge in [-0.3, -0.25) is 0 Å². The topological polar surface area (TPSA) is 78.9 Å². The standard InChI is InChI=1S/C12H15N5O/c13-6-3-7-17-12(14-15-16-17)11-8-9-4-1-2-5-10(9)18-11/h1-2,4-5,11H,3,6-8,13H2. The Morgan fingerprint density at radius 2 is 2.28 bits per heavy atom. The average Bonchev–Trinajstić information content (AvgIpc) is 3.01. The van der Waals surface area contributed by atoms with Crippen molar-refractivity contribution in [3.8, 4) is 5.75 Å². The van der Waals surface area contributed by atoms with Gasteiger partial charge in [-0.1, -0.05) is 18.2 Å². The van der Waals surface area contributed by atoms with Crippen LogP contribution in [-0.4, -0.2) is 26.8 Å². The first-order chi connectivity index (χ1) is 8.88. The summed E-state index contributed by atoms with van der Waals surface area (Å²) in [4.78, 5) is 0. The Labute approximate surface area is 105 Å². The fourth-order valence-electron chi connectivity index (χ4n) is 2.17. The highest BCUT2D eigenvalue weighted by Crippen LogP contribution is 2.35. The summed E-state index contributed by atoms with van der Waals surface area (Å²) in [5.74, 6) is 1.70. The zero-order chi connectivity index (χ0) is 12.4. The lowest BCUT2D eigenvalue weighted by Crippen LogP contribution is -2.15. The molecule has 2 heterocycles. The Hall–Kier alpha value is -1.95. The van der Waals surface area contributed by atoms with Gasteiger partial charge in [0.1, 0.15) is 5.75 Å². The number of benzene rings is 1. The van der Waals surface area contributed by atoms with E-state index in [0.717, 1.165) is 31.0 Å². The van der Waals surface area contributed by atoms with Crippen LogP contribution in [0.3, 0.4) is 0 Å². The van der Waals surface area contributed by atoms with Crippen molar-refractivity contribution in [3.05, 3.63) is 35.7 Å². The Morgan fingerprint density at radius 3 is 3.11 bits per heavy atom. The van der Waals surface area contributed by atoms with Crippen LogP contribution in [0.2, 0.25) is 0 Å². The van der Waals surface area contributed by atoms with E-state index in [9.17, 15) is 0 Å². The molecule has 1 aliphatic heterocycles. The number of fused-ring (bicyclic) bond motifs is 1. The molecule has 2 N–H and O–H groups in total. The summed E-state index contributed by atoms with van der Waals surface area (Å²) in [6, 6.07) is 8.04. The molecule has 1 aromatic carbocycles. The highest BCUT2D eigenvalue weighted by Gasteiger charge is 2.28. The molecule has 0 spiro atoms. The molecular formula is C12H15N5O. The van der Waals surface area contributed by atoms with Crippen LogP contribution in [0.1, 0.15) is 23.9 Å². The van der Waals surface area contributed by atoms with Gasteiger partial charge in [0.2, 0.25) is 0 Å². The summed E-state index contributed by atoms with van der Waals surface area (Å²) in [6.45, 7) is 1.36. The molecule has 2 aromatic rings. The van der Waals surface area contributed by atoms with Gasteiger partial charge >= 0.3 is 0 Å². The van der Waals surface area contributed by atoms with E-state index >= 15 is 0 Å². The summed E-state index contributed by atoms with van der Waals surface area (Å²) in [5.41, 5.74) is 6.71. The van der Waals surface area contributed by atoms with E-state index in [1.807, 2.05) is 18.2 Å². The lowest BCUT2D eigenvalue weighted by atomic mass is 10.1. The average molecular weight is 245 g/mol. The van der Waals surface area contributed by atoms with Crippen molar-refractivity contribution in [2.75, 3.05) is 6.54 Å². The highest BCUT2D eigenvalue weighted by atomic mass is 16.5. The molecule has 1 unspecified atom stereocenters. The number of rotatable bonds is 4. The van der Waals surface area contributed by atoms with Crippen LogP contribution < -0.4 is 10.5 Å². The summed E-state index contributed by atoms with van der Waals surface area (Å²) >= 11 is 0. The van der Waals surface area contributed by atoms with Gasteiger partial charge in [-0.05, 0) is 35.0 Å². The van der Waals surface area contributed by atoms with Crippen molar-refractivity contribution in [1.82, 2.24) is 20.2 Å². The number of nitrogens with zero attached hydrogens (tertiary/aromatic N) is 4. The van der Waals surface area contributed by atoms with Crippen molar-refractivity contribution in [2.24, 2.45) is 5.73 Å². The van der Waals surface area contributed by atoms with Gasteiger partial charge in [0.05, 0.1) is 0 Å². The molecule has 0 radical (unpaired) electrons. The molecule has 0 fully saturated rings. The van der Waals surface area contributed by atoms with E-state index in [2.05, 4.69) is 21.6 Å². The van der Waals surface area contributed by atoms with Gasteiger partial charge in [-0.15, -0.1) is 5.10 Å². The lowest BCUT2D eigenvalue weighted by Gasteiger charge is -2.10. The van der Waals surface area contributed by atoms with Crippen LogP contribution in [0.15, 0.2) is 24.3 Å². The molecular weight excluding hydrogens is 230 g/mol. The van der Waals surface area contributed by atoms with Crippen LogP contribution in [0.25, 0.3) is 0 Å². The molecule has 6 heteroatoms. The first-order valence-electron chi connectivity index (χ1n) is 6.09. The van der Waals surface area contributed by atoms with Gasteiger partial charge < -0.3 is 10.5 Å². The van der Waals surface area contributed by atoms with E-state index in [0.29, 0.717) is 6.54 Å². The molecule has 1 atom stereocenters. The van der Waals surface area contributed by atoms with E-state index in [1.54, 1.807) is 4.68 Å². The third-order valence-electron chi connectivity index (χ3n) is 3.07. The quantitative estimate of drug-likeness (QED) is 0.857. The Morgan fingerprint density at radius 1 is 1.39 bits per heavy atom. The van der Waals surface area contributed by atoms with E-state index in [4.69, 9.17) is 10.5 Å². The fourth-order valence-corrected chi connectivity index (χ4v) is 2.17. The smallest absolute Gasteiger partial charge is 0.192 e. The first-order valence-corrected chi connectivity index (χ1v) is 6.09. The van der Waals surface area contributed by atoms with Gasteiger partial charge in [0.15, 0.2) is 11.9 Å². The Bertz CT molecular complexity index is 514. The molecule has 3 rings (SSSR count). The fraction of sp³-hybridized carbons (Fsp3) is 0.417. The third kappa shape index (κ3) is 1.95. The highest BCUT2D eigenvalue weighted by molar-refractivity contribution is 5.37. The largest absolute Gasteiger partial charge is 0.482 e. The molecule has 18 heavy (non-hydrogen) atoms. The van der Waals surface area contributed by atoms with Gasteiger partial charge in [0.25, 0.3) is 0 Å². The molecule has 0 bridgehead atoms. The summed E-state index contributed by atoms with van der Waals surface area (Å²) in [5, 5.41) is 11.8. The Kier molecular flexibility index (Phi) is 2.93. The van der Waals surface area contributed by atoms with Gasteiger partial charge in [-0.2, -0.15) is 0 Å². The van der Waals surface area contributed by atoms with Crippen molar-refractivity contribution in [3.63, 3.8) is 0 Å². The van der Waals surface area contributed by atoms with Crippen LogP contribution in [0, 0.1) is 0 Å². The predicted octanol–water partition coefficient (Wildman–Crippen LogP) is 0.698. The zero-order valence-corrected chi connectivity index (χ0v) is 9.99. The number of para-hydroxylation sites is 1. The number of tetrazole rings is 1. The van der Waals surface area contributed by atoms with Crippen molar-refractivity contribution >= 4 is 0 Å². The molecule has 1 aromatic heterocycles. The molecule has 0 saturated heterocycles. The Balaban J connectivity index is 1.80. The van der Waals surface area contributed by atoms with Crippen LogP contribution in [-0.2, 0) is 13.0 Å². The van der Waals surface area contributed by atoms with E-state index in [-0.39, 0.29) is 6.10 Å². The number of aromatic nitrogens is 4. The molecule has 94 valence electrons. The van der Waals surface area contributed by atoms with Crippen molar-refractivity contribution < 1.29 is 4.74 Å². The second-order valence-corrected chi connectivity index (χ2v) is 4.32. The number of hydrogen-bond donors (Lipinski definition) is 1. The first kappa shape index (κ1) is 11.2. The van der Waals surface area contributed by atoms with Crippen molar-refractivity contribution in [2.45, 2.75) is 25.5 Å². The second-order valence-electron chi connectivity index (χ2n) is 4.32. The third-order valence-corrected chi connectivity index (χ3v) is 3.07. The van der Waals surface area contributed by atoms with Crippen molar-refractivity contribution in [1.29, 1.82) is 0 Å². The minimum atomic E-state index is -0.0878. The monoisotopic (exact) mass is 245 g/mol. The van der Waals surface area contributed by atoms with Crippen LogP contribution >= 0.6 is 0 Å². The number of ether oxygens (including phenoxy) is 1. The number of nitrogens with two attached hydrogens (primary N) is 1. The minimum absolute atomic E-state index is 0.0878. The van der Waals surface area contributed by atoms with E-state index < -0.39 is 0 Å². The maximum atomic E-state index is 5.88. The number of aryl methyl sites for hydroxylation is 1. The van der Waals surface area contributed by atoms with Crippen LogP contribution in [0.5, 0.6) is 5.75 Å². The molecule has 0 saturated carbocycles. The van der Waals surface area contributed by atoms with Crippen LogP contribution in [0.4, 0.5) is 0 Å². The normalized spacial score (nSPS) is 17.5. The predicted molar refractivity (Wildman–Crippen MR) is 65.0 cm³/mol. The molecule has 0 aliphatic carbocycles. The molecule has 0 amide bonds. The zero-order valence-electron chi connectivity index (χ0n) is 9.99. The lowest BCUT2D eigenvalue weighted by molar-refractivity contribution is 0.218. The van der Waals surface area contributed by atoms with E-state index in [1.165, 1.54) is 5.56 Å². The van der Waals surface area contributed by atoms with Gasteiger partial charge in [-0.25, -0.2) is 4.68 Å². The second kappa shape index (κ2) is 4.73. The SMILES string of the molecule is NCCCn1nnnc1C1Cc2ccccc2O1. The van der Waals surface area contributed by atoms with Gasteiger partial charge in [0, 0.05) is 13.0 Å². The summed E-state index contributed by atoms with van der Waals surface area (Å²) in [6.07, 6.45) is 1.59. The maximum Gasteiger partial charge on any atom is 0.192 e. The summed E-state index contributed by atoms with van der Waals surface area (Å²) in [7, 11) is 0. The molecule has 6 nitrogen and oxygen atoms in total.